The van der Waals surface area contributed by atoms with E-state index in [2.05, 4.69) is 10.2 Å². The molecule has 1 aliphatic heterocycles. The molecule has 0 unspecified atom stereocenters. The van der Waals surface area contributed by atoms with Crippen molar-refractivity contribution >= 4 is 33.0 Å². The zero-order valence-electron chi connectivity index (χ0n) is 18.2. The Balaban J connectivity index is 1.37. The van der Waals surface area contributed by atoms with Crippen LogP contribution in [0.4, 0.5) is 5.69 Å². The summed E-state index contributed by atoms with van der Waals surface area (Å²) < 4.78 is 27.6. The van der Waals surface area contributed by atoms with Gasteiger partial charge in [0.25, 0.3) is 5.91 Å². The summed E-state index contributed by atoms with van der Waals surface area (Å²) in [7, 11) is -3.45. The summed E-state index contributed by atoms with van der Waals surface area (Å²) in [6, 6.07) is 18.7. The molecule has 6 nitrogen and oxygen atoms in total. The molecule has 1 amide bonds. The molecule has 0 spiro atoms. The molecule has 2 aromatic carbocycles. The van der Waals surface area contributed by atoms with Gasteiger partial charge in [0.05, 0.1) is 4.90 Å². The van der Waals surface area contributed by atoms with E-state index in [1.54, 1.807) is 16.4 Å². The Morgan fingerprint density at radius 1 is 0.969 bits per heavy atom. The van der Waals surface area contributed by atoms with Crippen molar-refractivity contribution in [3.05, 3.63) is 81.5 Å². The minimum atomic E-state index is -3.45. The molecular weight excluding hydrogens is 442 g/mol. The summed E-state index contributed by atoms with van der Waals surface area (Å²) >= 11 is 1.52. The Hall–Kier alpha value is -2.52. The lowest BCUT2D eigenvalue weighted by Crippen LogP contribution is -2.48. The largest absolute Gasteiger partial charge is 0.322 e. The van der Waals surface area contributed by atoms with E-state index in [-0.39, 0.29) is 5.91 Å². The van der Waals surface area contributed by atoms with E-state index in [0.29, 0.717) is 43.2 Å². The van der Waals surface area contributed by atoms with Gasteiger partial charge >= 0.3 is 0 Å². The summed E-state index contributed by atoms with van der Waals surface area (Å²) in [5, 5.41) is 2.91. The zero-order valence-corrected chi connectivity index (χ0v) is 19.9. The first kappa shape index (κ1) is 22.7. The molecule has 1 saturated heterocycles. The molecule has 0 aliphatic carbocycles. The Morgan fingerprint density at radius 3 is 2.34 bits per heavy atom. The van der Waals surface area contributed by atoms with Crippen LogP contribution in [-0.4, -0.2) is 49.7 Å². The van der Waals surface area contributed by atoms with Crippen molar-refractivity contribution in [2.24, 2.45) is 0 Å². The smallest absolute Gasteiger partial charge is 0.255 e. The highest BCUT2D eigenvalue weighted by atomic mass is 32.2. The van der Waals surface area contributed by atoms with Crippen molar-refractivity contribution in [1.82, 2.24) is 9.21 Å². The molecule has 1 N–H and O–H groups in total. The Labute approximate surface area is 193 Å². The number of benzene rings is 2. The number of amides is 1. The van der Waals surface area contributed by atoms with Gasteiger partial charge < -0.3 is 5.32 Å². The molecule has 0 saturated carbocycles. The van der Waals surface area contributed by atoms with Crippen molar-refractivity contribution in [2.45, 2.75) is 25.3 Å². The standard InChI is InChI=1S/C24H27N3O3S2/c1-18-15-23(19(2)31-18)32(29,30)27-13-11-26(12-14-27)17-20-7-6-8-21(16-20)24(28)25-22-9-4-3-5-10-22/h3-10,15-16H,11-14,17H2,1-2H3,(H,25,28). The molecule has 2 heterocycles. The molecule has 168 valence electrons. The van der Waals surface area contributed by atoms with Gasteiger partial charge in [0.2, 0.25) is 10.0 Å². The third kappa shape index (κ3) is 5.10. The lowest BCUT2D eigenvalue weighted by Gasteiger charge is -2.34. The van der Waals surface area contributed by atoms with E-state index in [4.69, 9.17) is 0 Å². The first-order valence-corrected chi connectivity index (χ1v) is 12.8. The quantitative estimate of drug-likeness (QED) is 0.590. The molecule has 3 aromatic rings. The fraction of sp³-hybridized carbons (Fsp3) is 0.292. The summed E-state index contributed by atoms with van der Waals surface area (Å²) in [5.41, 5.74) is 2.40. The molecule has 1 aliphatic rings. The number of nitrogens with one attached hydrogen (secondary N) is 1. The van der Waals surface area contributed by atoms with E-state index >= 15 is 0 Å². The van der Waals surface area contributed by atoms with Crippen LogP contribution >= 0.6 is 11.3 Å². The average molecular weight is 470 g/mol. The van der Waals surface area contributed by atoms with E-state index in [1.165, 1.54) is 11.3 Å². The predicted molar refractivity (Wildman–Crippen MR) is 129 cm³/mol. The van der Waals surface area contributed by atoms with E-state index < -0.39 is 10.0 Å². The second-order valence-corrected chi connectivity index (χ2v) is 11.3. The van der Waals surface area contributed by atoms with Gasteiger partial charge in [-0.1, -0.05) is 30.3 Å². The average Bonchev–Trinajstić information content (AvgIpc) is 3.14. The maximum absolute atomic E-state index is 13.0. The minimum Gasteiger partial charge on any atom is -0.322 e. The number of carbonyl (C=O) groups excluding carboxylic acids is 1. The fourth-order valence-electron chi connectivity index (χ4n) is 3.92. The van der Waals surface area contributed by atoms with Crippen molar-refractivity contribution in [3.63, 3.8) is 0 Å². The van der Waals surface area contributed by atoms with Crippen LogP contribution in [0.2, 0.25) is 0 Å². The first-order chi connectivity index (χ1) is 15.3. The monoisotopic (exact) mass is 469 g/mol. The maximum atomic E-state index is 13.0. The van der Waals surface area contributed by atoms with Gasteiger partial charge in [-0.05, 0) is 49.7 Å². The van der Waals surface area contributed by atoms with Gasteiger partial charge in [-0.15, -0.1) is 11.3 Å². The number of hydrogen-bond donors (Lipinski definition) is 1. The van der Waals surface area contributed by atoms with Crippen LogP contribution in [0.5, 0.6) is 0 Å². The molecule has 0 radical (unpaired) electrons. The molecule has 0 atom stereocenters. The predicted octanol–water partition coefficient (Wildman–Crippen LogP) is 4.12. The zero-order chi connectivity index (χ0) is 22.7. The SMILES string of the molecule is Cc1cc(S(=O)(=O)N2CCN(Cc3cccc(C(=O)Nc4ccccc4)c3)CC2)c(C)s1. The van der Waals surface area contributed by atoms with E-state index in [1.807, 2.05) is 62.4 Å². The molecule has 0 bridgehead atoms. The van der Waals surface area contributed by atoms with Gasteiger partial charge in [0.1, 0.15) is 0 Å². The Morgan fingerprint density at radius 2 is 1.69 bits per heavy atom. The van der Waals surface area contributed by atoms with Crippen molar-refractivity contribution in [1.29, 1.82) is 0 Å². The number of anilines is 1. The number of aryl methyl sites for hydroxylation is 2. The normalized spacial score (nSPS) is 15.6. The first-order valence-electron chi connectivity index (χ1n) is 10.6. The van der Waals surface area contributed by atoms with Crippen LogP contribution in [0.1, 0.15) is 25.7 Å². The highest BCUT2D eigenvalue weighted by molar-refractivity contribution is 7.89. The second kappa shape index (κ2) is 9.54. The van der Waals surface area contributed by atoms with Gasteiger partial charge in [-0.2, -0.15) is 4.31 Å². The molecular formula is C24H27N3O3S2. The number of carbonyl (C=O) groups is 1. The summed E-state index contributed by atoms with van der Waals surface area (Å²) in [5.74, 6) is -0.143. The van der Waals surface area contributed by atoms with Gasteiger partial charge in [0.15, 0.2) is 0 Å². The topological polar surface area (TPSA) is 69.7 Å². The number of rotatable bonds is 6. The molecule has 1 fully saturated rings. The Kier molecular flexibility index (Phi) is 6.76. The minimum absolute atomic E-state index is 0.143. The Bertz CT molecular complexity index is 1200. The van der Waals surface area contributed by atoms with Crippen LogP contribution < -0.4 is 5.32 Å². The van der Waals surface area contributed by atoms with Crippen LogP contribution in [0.15, 0.2) is 65.6 Å². The second-order valence-electron chi connectivity index (χ2n) is 7.98. The summed E-state index contributed by atoms with van der Waals surface area (Å²) in [6.07, 6.45) is 0. The van der Waals surface area contributed by atoms with Gasteiger partial charge in [-0.25, -0.2) is 8.42 Å². The molecule has 32 heavy (non-hydrogen) atoms. The van der Waals surface area contributed by atoms with Gasteiger partial charge in [0, 0.05) is 53.7 Å². The van der Waals surface area contributed by atoms with Crippen molar-refractivity contribution in [3.8, 4) is 0 Å². The highest BCUT2D eigenvalue weighted by Gasteiger charge is 2.30. The third-order valence-electron chi connectivity index (χ3n) is 5.57. The number of para-hydroxylation sites is 1. The van der Waals surface area contributed by atoms with Crippen LogP contribution in [0, 0.1) is 13.8 Å². The molecule has 4 rings (SSSR count). The third-order valence-corrected chi connectivity index (χ3v) is 8.69. The number of hydrogen-bond acceptors (Lipinski definition) is 5. The lowest BCUT2D eigenvalue weighted by atomic mass is 10.1. The van der Waals surface area contributed by atoms with Crippen molar-refractivity contribution < 1.29 is 13.2 Å². The number of thiophene rings is 1. The van der Waals surface area contributed by atoms with E-state index in [9.17, 15) is 13.2 Å². The maximum Gasteiger partial charge on any atom is 0.255 e. The van der Waals surface area contributed by atoms with Crippen molar-refractivity contribution in [2.75, 3.05) is 31.5 Å². The summed E-state index contributed by atoms with van der Waals surface area (Å²) in [4.78, 5) is 17.1. The number of sulfonamides is 1. The fourth-order valence-corrected chi connectivity index (χ4v) is 6.87. The highest BCUT2D eigenvalue weighted by Crippen LogP contribution is 2.28. The van der Waals surface area contributed by atoms with Gasteiger partial charge in [-0.3, -0.25) is 9.69 Å². The lowest BCUT2D eigenvalue weighted by molar-refractivity contribution is 0.102. The molecule has 1 aromatic heterocycles. The van der Waals surface area contributed by atoms with E-state index in [0.717, 1.165) is 21.0 Å². The number of nitrogens with zero attached hydrogens (tertiary/aromatic N) is 2. The number of piperazine rings is 1. The molecule has 8 heteroatoms. The van der Waals surface area contributed by atoms with Crippen LogP contribution in [0.3, 0.4) is 0 Å². The van der Waals surface area contributed by atoms with Crippen LogP contribution in [0.25, 0.3) is 0 Å². The summed E-state index contributed by atoms with van der Waals surface area (Å²) in [6.45, 7) is 6.71. The van der Waals surface area contributed by atoms with Crippen LogP contribution in [-0.2, 0) is 16.6 Å².